The number of nitrogens with zero attached hydrogens (tertiary/aromatic N) is 2. The third kappa shape index (κ3) is 3.76. The molecule has 0 unspecified atom stereocenters. The molecule has 6 nitrogen and oxygen atoms in total. The van der Waals surface area contributed by atoms with Gasteiger partial charge in [-0.05, 0) is 50.7 Å². The van der Waals surface area contributed by atoms with Gasteiger partial charge in [0.05, 0.1) is 6.10 Å². The molecule has 4 rings (SSSR count). The molecular weight excluding hydrogens is 342 g/mol. The molecule has 0 spiro atoms. The van der Waals surface area contributed by atoms with Crippen molar-refractivity contribution in [2.75, 3.05) is 20.2 Å². The van der Waals surface area contributed by atoms with Crippen LogP contribution in [0.3, 0.4) is 0 Å². The number of aromatic nitrogens is 2. The van der Waals surface area contributed by atoms with E-state index in [1.54, 1.807) is 13.3 Å². The highest BCUT2D eigenvalue weighted by molar-refractivity contribution is 5.79. The van der Waals surface area contributed by atoms with Gasteiger partial charge in [-0.1, -0.05) is 6.07 Å². The largest absolute Gasteiger partial charge is 0.381 e. The van der Waals surface area contributed by atoms with E-state index in [1.165, 1.54) is 0 Å². The summed E-state index contributed by atoms with van der Waals surface area (Å²) >= 11 is 0. The van der Waals surface area contributed by atoms with Gasteiger partial charge in [0.1, 0.15) is 5.52 Å². The Hall–Kier alpha value is -2.21. The molecule has 2 aliphatic rings. The fraction of sp³-hybridized carbons (Fsp3) is 0.571. The summed E-state index contributed by atoms with van der Waals surface area (Å²) in [6.45, 7) is 1.50. The first-order valence-electron chi connectivity index (χ1n) is 9.95. The third-order valence-corrected chi connectivity index (χ3v) is 6.15. The molecule has 1 saturated heterocycles. The summed E-state index contributed by atoms with van der Waals surface area (Å²) in [7, 11) is 1.75. The number of piperidine rings is 1. The maximum atomic E-state index is 13.0. The highest BCUT2D eigenvalue weighted by atomic mass is 16.5. The summed E-state index contributed by atoms with van der Waals surface area (Å²) in [5, 5.41) is 0.859. The monoisotopic (exact) mass is 369 g/mol. The van der Waals surface area contributed by atoms with Crippen LogP contribution in [-0.4, -0.2) is 47.1 Å². The van der Waals surface area contributed by atoms with Gasteiger partial charge in [-0.3, -0.25) is 14.6 Å². The van der Waals surface area contributed by atoms with Crippen LogP contribution in [0.5, 0.6) is 0 Å². The number of amides is 1. The first kappa shape index (κ1) is 18.2. The molecule has 0 aromatic carbocycles. The molecule has 1 saturated carbocycles. The van der Waals surface area contributed by atoms with Crippen LogP contribution < -0.4 is 5.56 Å². The number of carbonyl (C=O) groups is 1. The quantitative estimate of drug-likeness (QED) is 0.903. The maximum absolute atomic E-state index is 13.0. The van der Waals surface area contributed by atoms with Gasteiger partial charge in [0.15, 0.2) is 0 Å². The van der Waals surface area contributed by atoms with Crippen molar-refractivity contribution in [3.8, 4) is 0 Å². The van der Waals surface area contributed by atoms with Crippen molar-refractivity contribution in [1.82, 2.24) is 14.9 Å². The Morgan fingerprint density at radius 3 is 2.85 bits per heavy atom. The molecule has 2 fully saturated rings. The fourth-order valence-corrected chi connectivity index (χ4v) is 4.57. The second-order valence-electron chi connectivity index (χ2n) is 7.83. The van der Waals surface area contributed by atoms with Crippen molar-refractivity contribution in [3.63, 3.8) is 0 Å². The molecule has 1 N–H and O–H groups in total. The lowest BCUT2D eigenvalue weighted by molar-refractivity contribution is -0.138. The summed E-state index contributed by atoms with van der Waals surface area (Å²) in [6.07, 6.45) is 7.66. The van der Waals surface area contributed by atoms with Crippen LogP contribution in [0, 0.1) is 5.92 Å². The summed E-state index contributed by atoms with van der Waals surface area (Å²) < 4.78 is 5.42. The number of fused-ring (bicyclic) bond motifs is 1. The summed E-state index contributed by atoms with van der Waals surface area (Å²) in [6, 6.07) is 5.78. The Labute approximate surface area is 158 Å². The van der Waals surface area contributed by atoms with Gasteiger partial charge in [-0.25, -0.2) is 0 Å². The fourth-order valence-electron chi connectivity index (χ4n) is 4.57. The minimum Gasteiger partial charge on any atom is -0.381 e. The zero-order valence-electron chi connectivity index (χ0n) is 15.8. The van der Waals surface area contributed by atoms with Gasteiger partial charge >= 0.3 is 0 Å². The van der Waals surface area contributed by atoms with Gasteiger partial charge in [-0.15, -0.1) is 0 Å². The molecular formula is C21H27N3O3. The number of methoxy groups -OCH3 is 1. The highest BCUT2D eigenvalue weighted by Gasteiger charge is 2.32. The molecule has 2 aromatic rings. The van der Waals surface area contributed by atoms with Crippen LogP contribution in [0.15, 0.2) is 29.2 Å². The second kappa shape index (κ2) is 7.80. The normalized spacial score (nSPS) is 26.3. The van der Waals surface area contributed by atoms with Gasteiger partial charge in [0, 0.05) is 49.3 Å². The molecule has 6 heteroatoms. The van der Waals surface area contributed by atoms with Gasteiger partial charge < -0.3 is 14.6 Å². The van der Waals surface area contributed by atoms with Crippen molar-refractivity contribution < 1.29 is 9.53 Å². The van der Waals surface area contributed by atoms with Crippen molar-refractivity contribution in [3.05, 3.63) is 40.4 Å². The number of nitrogens with one attached hydrogen (secondary N) is 1. The Morgan fingerprint density at radius 1 is 1.26 bits per heavy atom. The van der Waals surface area contributed by atoms with E-state index in [1.807, 2.05) is 23.1 Å². The number of ether oxygens (including phenoxy) is 1. The first-order valence-corrected chi connectivity index (χ1v) is 9.95. The van der Waals surface area contributed by atoms with Gasteiger partial charge in [0.2, 0.25) is 5.91 Å². The number of aromatic amines is 1. The van der Waals surface area contributed by atoms with E-state index < -0.39 is 0 Å². The van der Waals surface area contributed by atoms with E-state index in [4.69, 9.17) is 4.74 Å². The lowest BCUT2D eigenvalue weighted by Crippen LogP contribution is -2.43. The molecule has 3 heterocycles. The van der Waals surface area contributed by atoms with Crippen molar-refractivity contribution in [2.24, 2.45) is 5.92 Å². The van der Waals surface area contributed by atoms with Crippen LogP contribution in [-0.2, 0) is 9.53 Å². The molecule has 2 aromatic heterocycles. The smallest absolute Gasteiger partial charge is 0.274 e. The standard InChI is InChI=1S/C21H27N3O3/c1-27-17-8-6-14(7-9-17)21(26)24-11-3-5-16(13-24)18-12-15-4-2-10-22-19(15)20(25)23-18/h2,4,10,12,14,16-17H,3,5-9,11,13H2,1H3,(H,23,25)/t14?,16-,17?/m1/s1. The Balaban J connectivity index is 1.48. The number of carbonyl (C=O) groups excluding carboxylic acids is 1. The van der Waals surface area contributed by atoms with Crippen LogP contribution in [0.1, 0.15) is 50.1 Å². The molecule has 0 bridgehead atoms. The molecule has 0 radical (unpaired) electrons. The van der Waals surface area contributed by atoms with Crippen LogP contribution in [0.4, 0.5) is 0 Å². The second-order valence-corrected chi connectivity index (χ2v) is 7.83. The van der Waals surface area contributed by atoms with Crippen molar-refractivity contribution in [1.29, 1.82) is 0 Å². The number of likely N-dealkylation sites (tertiary alicyclic amines) is 1. The summed E-state index contributed by atoms with van der Waals surface area (Å²) in [5.41, 5.74) is 1.24. The lowest BCUT2D eigenvalue weighted by Gasteiger charge is -2.36. The van der Waals surface area contributed by atoms with E-state index in [0.29, 0.717) is 18.2 Å². The minimum atomic E-state index is -0.149. The Kier molecular flexibility index (Phi) is 5.25. The number of pyridine rings is 2. The average molecular weight is 369 g/mol. The highest BCUT2D eigenvalue weighted by Crippen LogP contribution is 2.31. The minimum absolute atomic E-state index is 0.120. The predicted molar refractivity (Wildman–Crippen MR) is 104 cm³/mol. The number of hydrogen-bond acceptors (Lipinski definition) is 4. The number of rotatable bonds is 3. The zero-order valence-corrected chi connectivity index (χ0v) is 15.8. The van der Waals surface area contributed by atoms with E-state index >= 15 is 0 Å². The van der Waals surface area contributed by atoms with E-state index in [9.17, 15) is 9.59 Å². The van der Waals surface area contributed by atoms with Crippen LogP contribution in [0.2, 0.25) is 0 Å². The lowest BCUT2D eigenvalue weighted by atomic mass is 9.85. The van der Waals surface area contributed by atoms with Gasteiger partial charge in [-0.2, -0.15) is 0 Å². The average Bonchev–Trinajstić information content (AvgIpc) is 2.73. The number of H-pyrrole nitrogens is 1. The molecule has 1 aliphatic heterocycles. The molecule has 144 valence electrons. The number of hydrogen-bond donors (Lipinski definition) is 1. The molecule has 27 heavy (non-hydrogen) atoms. The molecule has 1 aliphatic carbocycles. The third-order valence-electron chi connectivity index (χ3n) is 6.15. The zero-order chi connectivity index (χ0) is 18.8. The summed E-state index contributed by atoms with van der Waals surface area (Å²) in [4.78, 5) is 34.5. The predicted octanol–water partition coefficient (Wildman–Crippen LogP) is 2.83. The van der Waals surface area contributed by atoms with Crippen LogP contribution in [0.25, 0.3) is 10.9 Å². The Bertz CT molecular complexity index is 870. The Morgan fingerprint density at radius 2 is 2.07 bits per heavy atom. The topological polar surface area (TPSA) is 75.3 Å². The van der Waals surface area contributed by atoms with Crippen molar-refractivity contribution >= 4 is 16.8 Å². The molecule has 1 amide bonds. The first-order chi connectivity index (χ1) is 13.2. The molecule has 1 atom stereocenters. The van der Waals surface area contributed by atoms with E-state index in [-0.39, 0.29) is 23.3 Å². The van der Waals surface area contributed by atoms with E-state index in [0.717, 1.165) is 56.1 Å². The van der Waals surface area contributed by atoms with E-state index in [2.05, 4.69) is 9.97 Å². The van der Waals surface area contributed by atoms with Crippen LogP contribution >= 0.6 is 0 Å². The SMILES string of the molecule is COC1CCC(C(=O)N2CCC[C@@H](c3cc4cccnc4c(=O)[nH]3)C2)CC1. The maximum Gasteiger partial charge on any atom is 0.274 e. The van der Waals surface area contributed by atoms with Crippen molar-refractivity contribution in [2.45, 2.75) is 50.5 Å². The van der Waals surface area contributed by atoms with Gasteiger partial charge in [0.25, 0.3) is 5.56 Å². The summed E-state index contributed by atoms with van der Waals surface area (Å²) in [5.74, 6) is 0.573.